The zero-order valence-corrected chi connectivity index (χ0v) is 7.26. The first-order chi connectivity index (χ1) is 5.26. The van der Waals surface area contributed by atoms with Crippen molar-refractivity contribution in [3.05, 3.63) is 11.6 Å². The molecule has 0 heterocycles. The first kappa shape index (κ1) is 10.1. The number of hydrogen-bond acceptors (Lipinski definition) is 2. The number of ether oxygens (including phenoxy) is 1. The quantitative estimate of drug-likeness (QED) is 0.343. The molecule has 0 saturated heterocycles. The molecule has 0 aromatic rings. The minimum absolute atomic E-state index is 0.256. The topological polar surface area (TPSA) is 26.3 Å². The Morgan fingerprint density at radius 2 is 2.27 bits per heavy atom. The molecule has 2 nitrogen and oxygen atoms in total. The molecule has 0 amide bonds. The van der Waals surface area contributed by atoms with E-state index in [1.165, 1.54) is 0 Å². The van der Waals surface area contributed by atoms with Gasteiger partial charge in [-0.25, -0.2) is 0 Å². The van der Waals surface area contributed by atoms with Crippen molar-refractivity contribution in [1.29, 1.82) is 0 Å². The summed E-state index contributed by atoms with van der Waals surface area (Å²) in [7, 11) is 0. The molecule has 0 aliphatic heterocycles. The number of rotatable bonds is 3. The van der Waals surface area contributed by atoms with Crippen LogP contribution in [-0.2, 0) is 9.53 Å². The van der Waals surface area contributed by atoms with Gasteiger partial charge < -0.3 is 0 Å². The van der Waals surface area contributed by atoms with E-state index in [0.29, 0.717) is 12.2 Å². The van der Waals surface area contributed by atoms with E-state index < -0.39 is 0 Å². The summed E-state index contributed by atoms with van der Waals surface area (Å²) in [6.45, 7) is 7.70. The van der Waals surface area contributed by atoms with Crippen LogP contribution in [0.1, 0.15) is 13.8 Å². The third-order valence-electron chi connectivity index (χ3n) is 1.17. The maximum atomic E-state index is 11.0. The van der Waals surface area contributed by atoms with E-state index in [2.05, 4.69) is 0 Å². The van der Waals surface area contributed by atoms with Gasteiger partial charge in [0, 0.05) is 0 Å². The van der Waals surface area contributed by atoms with Gasteiger partial charge in [0.2, 0.25) is 0 Å². The fourth-order valence-corrected chi connectivity index (χ4v) is 0.676. The zero-order valence-electron chi connectivity index (χ0n) is 7.26. The summed E-state index contributed by atoms with van der Waals surface area (Å²) in [5, 5.41) is 0. The number of carbonyl (C=O) groups is 1. The van der Waals surface area contributed by atoms with Crippen molar-refractivity contribution in [2.24, 2.45) is 0 Å². The van der Waals surface area contributed by atoms with Crippen molar-refractivity contribution in [3.63, 3.8) is 0 Å². The van der Waals surface area contributed by atoms with E-state index in [9.17, 15) is 4.79 Å². The average Bonchev–Trinajstić information content (AvgIpc) is 2.00. The third kappa shape index (κ3) is 3.76. The second kappa shape index (κ2) is 5.89. The summed E-state index contributed by atoms with van der Waals surface area (Å²) in [5.74, 6) is 1.48. The van der Waals surface area contributed by atoms with Crippen molar-refractivity contribution in [2.45, 2.75) is 20.7 Å². The van der Waals surface area contributed by atoms with Crippen LogP contribution in [-0.4, -0.2) is 25.5 Å². The molecule has 0 spiro atoms. The van der Waals surface area contributed by atoms with Gasteiger partial charge in [-0.05, 0) is 0 Å². The van der Waals surface area contributed by atoms with Gasteiger partial charge in [0.15, 0.2) is 0 Å². The average molecular weight is 152 g/mol. The molecule has 0 aromatic carbocycles. The molecule has 0 atom stereocenters. The molecular weight excluding hydrogens is 139 g/mol. The SMILES string of the molecule is CB=C/C(=C\C)C(=O)OCC. The van der Waals surface area contributed by atoms with Crippen LogP contribution >= 0.6 is 0 Å². The predicted octanol–water partition coefficient (Wildman–Crippen LogP) is 1.05. The van der Waals surface area contributed by atoms with Crippen molar-refractivity contribution >= 4 is 18.9 Å². The Morgan fingerprint density at radius 1 is 1.64 bits per heavy atom. The van der Waals surface area contributed by atoms with Crippen LogP contribution in [0, 0.1) is 0 Å². The van der Waals surface area contributed by atoms with Gasteiger partial charge in [-0.2, -0.15) is 0 Å². The molecule has 60 valence electrons. The van der Waals surface area contributed by atoms with E-state index in [1.54, 1.807) is 19.0 Å². The molecule has 0 radical (unpaired) electrons. The summed E-state index contributed by atoms with van der Waals surface area (Å²) in [5.41, 5.74) is 0.606. The summed E-state index contributed by atoms with van der Waals surface area (Å²) >= 11 is 0. The van der Waals surface area contributed by atoms with Crippen LogP contribution in [0.4, 0.5) is 0 Å². The maximum absolute atomic E-state index is 11.0. The molecule has 0 saturated carbocycles. The van der Waals surface area contributed by atoms with Crippen molar-refractivity contribution in [1.82, 2.24) is 0 Å². The van der Waals surface area contributed by atoms with E-state index in [1.807, 2.05) is 20.7 Å². The van der Waals surface area contributed by atoms with Gasteiger partial charge in [-0.3, -0.25) is 0 Å². The molecule has 0 rings (SSSR count). The van der Waals surface area contributed by atoms with Gasteiger partial charge in [-0.1, -0.05) is 0 Å². The van der Waals surface area contributed by atoms with Gasteiger partial charge in [-0.15, -0.1) is 0 Å². The van der Waals surface area contributed by atoms with Crippen molar-refractivity contribution in [3.8, 4) is 0 Å². The molecular formula is C8H13BO2. The standard InChI is InChI=1S/C8H13BO2/c1-4-7(6-9-3)8(10)11-5-2/h4,6H,5H2,1-3H3/b7-4+. The molecule has 3 heteroatoms. The van der Waals surface area contributed by atoms with Crippen LogP contribution in [0.2, 0.25) is 6.82 Å². The molecule has 0 aliphatic carbocycles. The van der Waals surface area contributed by atoms with Crippen molar-refractivity contribution < 1.29 is 9.53 Å². The Labute approximate surface area is 68.2 Å². The molecule has 0 aromatic heterocycles. The van der Waals surface area contributed by atoms with E-state index in [4.69, 9.17) is 4.74 Å². The zero-order chi connectivity index (χ0) is 8.69. The van der Waals surface area contributed by atoms with Crippen molar-refractivity contribution in [2.75, 3.05) is 6.61 Å². The fraction of sp³-hybridized carbons (Fsp3) is 0.500. The molecule has 0 bridgehead atoms. The molecule has 0 aliphatic rings. The van der Waals surface area contributed by atoms with Crippen LogP contribution in [0.15, 0.2) is 11.6 Å². The molecule has 0 fully saturated rings. The second-order valence-corrected chi connectivity index (χ2v) is 1.96. The molecule has 0 unspecified atom stereocenters. The monoisotopic (exact) mass is 152 g/mol. The van der Waals surface area contributed by atoms with E-state index in [-0.39, 0.29) is 5.97 Å². The Balaban J connectivity index is 4.16. The summed E-state index contributed by atoms with van der Waals surface area (Å²) in [6.07, 6.45) is 1.73. The van der Waals surface area contributed by atoms with Crippen LogP contribution in [0.25, 0.3) is 0 Å². The fourth-order valence-electron chi connectivity index (χ4n) is 0.676. The Bertz CT molecular complexity index is 183. The minimum atomic E-state index is -0.256. The van der Waals surface area contributed by atoms with Crippen LogP contribution in [0.5, 0.6) is 0 Å². The number of esters is 1. The Morgan fingerprint density at radius 3 is 2.64 bits per heavy atom. The number of hydrogen-bond donors (Lipinski definition) is 0. The van der Waals surface area contributed by atoms with Gasteiger partial charge in [0.1, 0.15) is 0 Å². The first-order valence-electron chi connectivity index (χ1n) is 3.72. The second-order valence-electron chi connectivity index (χ2n) is 1.96. The Kier molecular flexibility index (Phi) is 5.44. The predicted molar refractivity (Wildman–Crippen MR) is 48.1 cm³/mol. The molecule has 0 N–H and O–H groups in total. The van der Waals surface area contributed by atoms with Crippen LogP contribution in [0.3, 0.4) is 0 Å². The number of carbonyl (C=O) groups excluding carboxylic acids is 1. The Hall–Kier alpha value is -0.855. The summed E-state index contributed by atoms with van der Waals surface area (Å²) in [6, 6.07) is 0. The summed E-state index contributed by atoms with van der Waals surface area (Å²) in [4.78, 5) is 11.0. The third-order valence-corrected chi connectivity index (χ3v) is 1.17. The van der Waals surface area contributed by atoms with Crippen LogP contribution < -0.4 is 0 Å². The first-order valence-corrected chi connectivity index (χ1v) is 3.72. The van der Waals surface area contributed by atoms with Gasteiger partial charge in [0.25, 0.3) is 0 Å². The van der Waals surface area contributed by atoms with E-state index in [0.717, 1.165) is 0 Å². The van der Waals surface area contributed by atoms with Gasteiger partial charge in [0.05, 0.1) is 0 Å². The molecule has 11 heavy (non-hydrogen) atoms. The van der Waals surface area contributed by atoms with E-state index >= 15 is 0 Å². The number of allylic oxidation sites excluding steroid dienone is 1. The normalized spacial score (nSPS) is 11.4. The summed E-state index contributed by atoms with van der Waals surface area (Å²) < 4.78 is 4.79. The van der Waals surface area contributed by atoms with Gasteiger partial charge >= 0.3 is 67.3 Å².